The first kappa shape index (κ1) is 9.56. The van der Waals surface area contributed by atoms with E-state index in [4.69, 9.17) is 0 Å². The van der Waals surface area contributed by atoms with Crippen LogP contribution in [-0.4, -0.2) is 11.9 Å². The van der Waals surface area contributed by atoms with E-state index in [0.717, 1.165) is 5.92 Å². The largest absolute Gasteiger partial charge is 0.354 e. The van der Waals surface area contributed by atoms with Crippen LogP contribution in [0.15, 0.2) is 0 Å². The molecule has 1 fully saturated rings. The summed E-state index contributed by atoms with van der Waals surface area (Å²) >= 11 is 0. The minimum absolute atomic E-state index is 0.120. The fourth-order valence-corrected chi connectivity index (χ4v) is 1.92. The van der Waals surface area contributed by atoms with Crippen LogP contribution in [0.3, 0.4) is 0 Å². The van der Waals surface area contributed by atoms with Gasteiger partial charge in [0.15, 0.2) is 0 Å². The molecule has 70 valence electrons. The van der Waals surface area contributed by atoms with Crippen LogP contribution in [0.5, 0.6) is 0 Å². The number of rotatable bonds is 1. The molecule has 1 amide bonds. The SMILES string of the molecule is CC(=O)NC1CCCC(C)CC1. The highest BCUT2D eigenvalue weighted by atomic mass is 16.1. The van der Waals surface area contributed by atoms with E-state index in [1.165, 1.54) is 32.1 Å². The van der Waals surface area contributed by atoms with Gasteiger partial charge in [0.05, 0.1) is 0 Å². The maximum absolute atomic E-state index is 10.8. The molecule has 12 heavy (non-hydrogen) atoms. The van der Waals surface area contributed by atoms with Crippen LogP contribution < -0.4 is 5.32 Å². The molecule has 0 radical (unpaired) electrons. The first-order chi connectivity index (χ1) is 5.68. The lowest BCUT2D eigenvalue weighted by atomic mass is 10.0. The van der Waals surface area contributed by atoms with Crippen molar-refractivity contribution in [3.05, 3.63) is 0 Å². The Bertz CT molecular complexity index is 156. The molecule has 0 aromatic carbocycles. The summed E-state index contributed by atoms with van der Waals surface area (Å²) in [4.78, 5) is 10.8. The van der Waals surface area contributed by atoms with E-state index in [-0.39, 0.29) is 5.91 Å². The Morgan fingerprint density at radius 3 is 2.67 bits per heavy atom. The van der Waals surface area contributed by atoms with Crippen molar-refractivity contribution in [1.29, 1.82) is 0 Å². The third-order valence-electron chi connectivity index (χ3n) is 2.66. The van der Waals surface area contributed by atoms with E-state index in [1.54, 1.807) is 6.92 Å². The van der Waals surface area contributed by atoms with Gasteiger partial charge in [0.2, 0.25) is 5.91 Å². The summed E-state index contributed by atoms with van der Waals surface area (Å²) in [6, 6.07) is 0.451. The van der Waals surface area contributed by atoms with Gasteiger partial charge >= 0.3 is 0 Å². The summed E-state index contributed by atoms with van der Waals surface area (Å²) in [5, 5.41) is 3.00. The van der Waals surface area contributed by atoms with Crippen LogP contribution in [0.25, 0.3) is 0 Å². The Labute approximate surface area is 74.7 Å². The minimum atomic E-state index is 0.120. The van der Waals surface area contributed by atoms with Gasteiger partial charge in [0, 0.05) is 13.0 Å². The second-order valence-corrected chi connectivity index (χ2v) is 4.01. The molecule has 0 saturated heterocycles. The highest BCUT2D eigenvalue weighted by Gasteiger charge is 2.15. The number of carbonyl (C=O) groups is 1. The average Bonchev–Trinajstić information content (AvgIpc) is 2.15. The van der Waals surface area contributed by atoms with Crippen molar-refractivity contribution in [3.8, 4) is 0 Å². The molecule has 0 aromatic rings. The van der Waals surface area contributed by atoms with Crippen molar-refractivity contribution in [2.75, 3.05) is 0 Å². The average molecular weight is 169 g/mol. The number of carbonyl (C=O) groups excluding carboxylic acids is 1. The zero-order chi connectivity index (χ0) is 8.97. The van der Waals surface area contributed by atoms with Crippen LogP contribution in [0, 0.1) is 5.92 Å². The first-order valence-electron chi connectivity index (χ1n) is 4.95. The van der Waals surface area contributed by atoms with E-state index in [1.807, 2.05) is 0 Å². The van der Waals surface area contributed by atoms with Crippen molar-refractivity contribution in [3.63, 3.8) is 0 Å². The molecule has 0 spiro atoms. The number of hydrogen-bond donors (Lipinski definition) is 1. The second-order valence-electron chi connectivity index (χ2n) is 4.01. The second kappa shape index (κ2) is 4.48. The maximum atomic E-state index is 10.8. The molecule has 1 aliphatic carbocycles. The summed E-state index contributed by atoms with van der Waals surface area (Å²) in [6.45, 7) is 3.91. The lowest BCUT2D eigenvalue weighted by Gasteiger charge is -2.14. The molecule has 0 bridgehead atoms. The Balaban J connectivity index is 2.30. The summed E-state index contributed by atoms with van der Waals surface area (Å²) in [7, 11) is 0. The third kappa shape index (κ3) is 3.24. The number of amides is 1. The summed E-state index contributed by atoms with van der Waals surface area (Å²) in [5.74, 6) is 0.971. The Hall–Kier alpha value is -0.530. The van der Waals surface area contributed by atoms with Crippen LogP contribution in [-0.2, 0) is 4.79 Å². The molecule has 1 rings (SSSR count). The van der Waals surface area contributed by atoms with E-state index in [0.29, 0.717) is 6.04 Å². The van der Waals surface area contributed by atoms with Gasteiger partial charge in [0.25, 0.3) is 0 Å². The maximum Gasteiger partial charge on any atom is 0.217 e. The Morgan fingerprint density at radius 1 is 1.25 bits per heavy atom. The molecule has 0 heterocycles. The molecule has 2 unspecified atom stereocenters. The van der Waals surface area contributed by atoms with Crippen LogP contribution in [0.4, 0.5) is 0 Å². The zero-order valence-corrected chi connectivity index (χ0v) is 8.10. The van der Waals surface area contributed by atoms with Crippen molar-refractivity contribution in [2.45, 2.75) is 52.0 Å². The van der Waals surface area contributed by atoms with Gasteiger partial charge in [-0.2, -0.15) is 0 Å². The van der Waals surface area contributed by atoms with Gasteiger partial charge in [-0.25, -0.2) is 0 Å². The van der Waals surface area contributed by atoms with Gasteiger partial charge in [-0.3, -0.25) is 4.79 Å². The molecule has 2 nitrogen and oxygen atoms in total. The van der Waals surface area contributed by atoms with Gasteiger partial charge in [0.1, 0.15) is 0 Å². The lowest BCUT2D eigenvalue weighted by Crippen LogP contribution is -2.32. The summed E-state index contributed by atoms with van der Waals surface area (Å²) in [5.41, 5.74) is 0. The smallest absolute Gasteiger partial charge is 0.217 e. The van der Waals surface area contributed by atoms with Crippen molar-refractivity contribution in [1.82, 2.24) is 5.32 Å². The molecule has 0 aliphatic heterocycles. The topological polar surface area (TPSA) is 29.1 Å². The van der Waals surface area contributed by atoms with Gasteiger partial charge in [-0.05, 0) is 25.2 Å². The lowest BCUT2D eigenvalue weighted by molar-refractivity contribution is -0.119. The predicted molar refractivity (Wildman–Crippen MR) is 49.9 cm³/mol. The molecule has 1 saturated carbocycles. The predicted octanol–water partition coefficient (Wildman–Crippen LogP) is 2.09. The highest BCUT2D eigenvalue weighted by Crippen LogP contribution is 2.22. The Kier molecular flexibility index (Phi) is 3.57. The van der Waals surface area contributed by atoms with Crippen LogP contribution in [0.1, 0.15) is 46.0 Å². The normalized spacial score (nSPS) is 30.8. The molecule has 2 heteroatoms. The van der Waals surface area contributed by atoms with E-state index in [9.17, 15) is 4.79 Å². The third-order valence-corrected chi connectivity index (χ3v) is 2.66. The molecule has 1 N–H and O–H groups in total. The van der Waals surface area contributed by atoms with Crippen molar-refractivity contribution < 1.29 is 4.79 Å². The first-order valence-corrected chi connectivity index (χ1v) is 4.95. The fourth-order valence-electron chi connectivity index (χ4n) is 1.92. The quantitative estimate of drug-likeness (QED) is 0.598. The van der Waals surface area contributed by atoms with E-state index in [2.05, 4.69) is 12.2 Å². The standard InChI is InChI=1S/C10H19NO/c1-8-4-3-5-10(7-6-8)11-9(2)12/h8,10H,3-7H2,1-2H3,(H,11,12). The summed E-state index contributed by atoms with van der Waals surface area (Å²) in [6.07, 6.45) is 6.21. The van der Waals surface area contributed by atoms with Crippen LogP contribution in [0.2, 0.25) is 0 Å². The Morgan fingerprint density at radius 2 is 2.00 bits per heavy atom. The highest BCUT2D eigenvalue weighted by molar-refractivity contribution is 5.73. The fraction of sp³-hybridized carbons (Fsp3) is 0.900. The van der Waals surface area contributed by atoms with E-state index < -0.39 is 0 Å². The molecule has 2 atom stereocenters. The van der Waals surface area contributed by atoms with Crippen molar-refractivity contribution >= 4 is 5.91 Å². The molecular formula is C10H19NO. The monoisotopic (exact) mass is 169 g/mol. The number of hydrogen-bond acceptors (Lipinski definition) is 1. The molecule has 1 aliphatic rings. The van der Waals surface area contributed by atoms with Gasteiger partial charge in [-0.15, -0.1) is 0 Å². The minimum Gasteiger partial charge on any atom is -0.354 e. The summed E-state index contributed by atoms with van der Waals surface area (Å²) < 4.78 is 0. The van der Waals surface area contributed by atoms with Crippen LogP contribution >= 0.6 is 0 Å². The van der Waals surface area contributed by atoms with Crippen molar-refractivity contribution in [2.24, 2.45) is 5.92 Å². The van der Waals surface area contributed by atoms with E-state index >= 15 is 0 Å². The zero-order valence-electron chi connectivity index (χ0n) is 8.10. The van der Waals surface area contributed by atoms with Gasteiger partial charge in [-0.1, -0.05) is 19.8 Å². The van der Waals surface area contributed by atoms with Gasteiger partial charge < -0.3 is 5.32 Å². The number of nitrogens with one attached hydrogen (secondary N) is 1. The molecule has 0 aromatic heterocycles. The molecular weight excluding hydrogens is 150 g/mol.